The van der Waals surface area contributed by atoms with E-state index >= 15 is 0 Å². The fourth-order valence-corrected chi connectivity index (χ4v) is 7.42. The third kappa shape index (κ3) is 5.75. The fraction of sp³-hybridized carbons (Fsp3) is 0. The number of rotatable bonds is 5. The molecule has 0 aliphatic rings. The summed E-state index contributed by atoms with van der Waals surface area (Å²) in [5.74, 6) is -9.09. The van der Waals surface area contributed by atoms with E-state index in [-0.39, 0.29) is 50.5 Å². The van der Waals surface area contributed by atoms with Crippen molar-refractivity contribution in [3.63, 3.8) is 0 Å². The van der Waals surface area contributed by atoms with Crippen molar-refractivity contribution >= 4 is 32.9 Å². The molecule has 0 saturated heterocycles. The smallest absolute Gasteiger partial charge is 0.197 e. The lowest BCUT2D eigenvalue weighted by molar-refractivity contribution is 0.403. The van der Waals surface area contributed by atoms with E-state index in [1.165, 1.54) is 30.3 Å². The molecule has 62 heavy (non-hydrogen) atoms. The van der Waals surface area contributed by atoms with Crippen molar-refractivity contribution < 1.29 is 69.4 Å². The summed E-state index contributed by atoms with van der Waals surface area (Å²) >= 11 is 0. The Balaban J connectivity index is 1.22. The molecule has 0 amide bonds. The molecule has 17 heteroatoms. The van der Waals surface area contributed by atoms with E-state index in [2.05, 4.69) is 0 Å². The van der Waals surface area contributed by atoms with Gasteiger partial charge in [0.25, 0.3) is 0 Å². The van der Waals surface area contributed by atoms with E-state index < -0.39 is 118 Å². The molecule has 0 bridgehead atoms. The predicted octanol–water partition coefficient (Wildman–Crippen LogP) is 7.10. The van der Waals surface area contributed by atoms with E-state index in [9.17, 15) is 70.6 Å². The molecule has 3 heterocycles. The Kier molecular flexibility index (Phi) is 8.44. The summed E-state index contributed by atoms with van der Waals surface area (Å²) in [5.41, 5.74) is -6.08. The lowest BCUT2D eigenvalue weighted by Crippen LogP contribution is -2.04. The van der Waals surface area contributed by atoms with Crippen LogP contribution in [0.15, 0.2) is 119 Å². The van der Waals surface area contributed by atoms with Crippen LogP contribution in [0.3, 0.4) is 0 Å². The van der Waals surface area contributed by atoms with Crippen molar-refractivity contribution in [1.29, 1.82) is 0 Å². The van der Waals surface area contributed by atoms with Gasteiger partial charge in [-0.3, -0.25) is 14.4 Å². The quantitative estimate of drug-likeness (QED) is 0.0770. The lowest BCUT2D eigenvalue weighted by Gasteiger charge is -2.18. The van der Waals surface area contributed by atoms with Gasteiger partial charge in [-0.1, -0.05) is 6.07 Å². The molecule has 0 unspecified atom stereocenters. The number of hydrogen-bond donors (Lipinski definition) is 11. The van der Waals surface area contributed by atoms with Crippen LogP contribution < -0.4 is 16.3 Å². The molecule has 308 valence electrons. The molecule has 9 aromatic rings. The average Bonchev–Trinajstić information content (AvgIpc) is 3.21. The molecule has 0 aliphatic heterocycles. The van der Waals surface area contributed by atoms with E-state index in [4.69, 9.17) is 13.3 Å². The molecule has 17 nitrogen and oxygen atoms in total. The Labute approximate surface area is 342 Å². The number of fused-ring (bicyclic) bond motifs is 3. The molecule has 0 spiro atoms. The number of benzene rings is 6. The minimum Gasteiger partial charge on any atom is -0.507 e. The summed E-state index contributed by atoms with van der Waals surface area (Å²) in [6.07, 6.45) is 0. The second-order valence-corrected chi connectivity index (χ2v) is 14.0. The lowest BCUT2D eigenvalue weighted by atomic mass is 9.92. The molecule has 11 N–H and O–H groups in total. The van der Waals surface area contributed by atoms with Crippen LogP contribution in [0, 0.1) is 0 Å². The SMILES string of the molecule is O=c1cc(-c2ccc(O)c(O)c2-c2c(O)cc3oc(-c4ccc(O)c(O)c4-c4c(O)cc5oc(-c6ccc(O)c(O)c6)cc(=O)c5c4O)cc(=O)c3c2O)oc2cccc(O)c12. The van der Waals surface area contributed by atoms with Crippen LogP contribution in [0.25, 0.3) is 89.1 Å². The number of phenols is 11. The number of phenolic OH excluding ortho intramolecular Hbond substituents is 11. The van der Waals surface area contributed by atoms with Crippen molar-refractivity contribution in [2.45, 2.75) is 0 Å². The Morgan fingerprint density at radius 3 is 1.29 bits per heavy atom. The first-order valence-electron chi connectivity index (χ1n) is 18.0. The van der Waals surface area contributed by atoms with Crippen molar-refractivity contribution in [3.05, 3.63) is 122 Å². The highest BCUT2D eigenvalue weighted by atomic mass is 16.4. The summed E-state index contributed by atoms with van der Waals surface area (Å²) in [6.45, 7) is 0. The first-order chi connectivity index (χ1) is 29.5. The van der Waals surface area contributed by atoms with Gasteiger partial charge < -0.3 is 69.4 Å². The van der Waals surface area contributed by atoms with E-state index in [0.29, 0.717) is 0 Å². The maximum Gasteiger partial charge on any atom is 0.197 e. The molecule has 0 fully saturated rings. The van der Waals surface area contributed by atoms with Crippen molar-refractivity contribution in [1.82, 2.24) is 0 Å². The van der Waals surface area contributed by atoms with Gasteiger partial charge in [0.2, 0.25) is 0 Å². The summed E-state index contributed by atoms with van der Waals surface area (Å²) in [7, 11) is 0. The third-order valence-electron chi connectivity index (χ3n) is 10.3. The highest BCUT2D eigenvalue weighted by molar-refractivity contribution is 6.03. The van der Waals surface area contributed by atoms with Gasteiger partial charge in [-0.25, -0.2) is 0 Å². The highest BCUT2D eigenvalue weighted by Gasteiger charge is 2.30. The molecule has 0 radical (unpaired) electrons. The predicted molar refractivity (Wildman–Crippen MR) is 220 cm³/mol. The van der Waals surface area contributed by atoms with Gasteiger partial charge in [0.1, 0.15) is 78.9 Å². The van der Waals surface area contributed by atoms with Crippen LogP contribution in [-0.2, 0) is 0 Å². The van der Waals surface area contributed by atoms with Gasteiger partial charge in [0.15, 0.2) is 50.8 Å². The van der Waals surface area contributed by atoms with Gasteiger partial charge in [-0.15, -0.1) is 0 Å². The highest BCUT2D eigenvalue weighted by Crippen LogP contribution is 2.54. The monoisotopic (exact) mass is 838 g/mol. The molecular weight excluding hydrogens is 812 g/mol. The Morgan fingerprint density at radius 2 is 0.774 bits per heavy atom. The van der Waals surface area contributed by atoms with Crippen LogP contribution in [0.1, 0.15) is 0 Å². The summed E-state index contributed by atoms with van der Waals surface area (Å²) in [5, 5.41) is 118. The van der Waals surface area contributed by atoms with Gasteiger partial charge >= 0.3 is 0 Å². The zero-order valence-electron chi connectivity index (χ0n) is 31.0. The third-order valence-corrected chi connectivity index (χ3v) is 10.3. The maximum atomic E-state index is 14.0. The molecular formula is C45H26O17. The first-order valence-corrected chi connectivity index (χ1v) is 18.0. The molecule has 3 aromatic heterocycles. The molecule has 0 saturated carbocycles. The Morgan fingerprint density at radius 1 is 0.323 bits per heavy atom. The topological polar surface area (TPSA) is 313 Å². The van der Waals surface area contributed by atoms with Crippen LogP contribution in [0.5, 0.6) is 63.2 Å². The normalized spacial score (nSPS) is 11.5. The second-order valence-electron chi connectivity index (χ2n) is 14.0. The van der Waals surface area contributed by atoms with E-state index in [1.54, 1.807) is 0 Å². The van der Waals surface area contributed by atoms with Crippen LogP contribution in [0.4, 0.5) is 0 Å². The van der Waals surface area contributed by atoms with Gasteiger partial charge in [-0.05, 0) is 54.6 Å². The van der Waals surface area contributed by atoms with Gasteiger partial charge in [0, 0.05) is 58.1 Å². The van der Waals surface area contributed by atoms with Crippen LogP contribution >= 0.6 is 0 Å². The van der Waals surface area contributed by atoms with Crippen molar-refractivity contribution in [3.8, 4) is 119 Å². The Hall–Kier alpha value is -9.25. The average molecular weight is 839 g/mol. The second kappa shape index (κ2) is 13.7. The largest absolute Gasteiger partial charge is 0.507 e. The number of hydrogen-bond acceptors (Lipinski definition) is 17. The zero-order chi connectivity index (χ0) is 44.0. The fourth-order valence-electron chi connectivity index (χ4n) is 7.42. The molecule has 0 atom stereocenters. The van der Waals surface area contributed by atoms with Gasteiger partial charge in [-0.2, -0.15) is 0 Å². The summed E-state index contributed by atoms with van der Waals surface area (Å²) < 4.78 is 17.6. The zero-order valence-corrected chi connectivity index (χ0v) is 31.0. The maximum absolute atomic E-state index is 14.0. The number of aromatic hydroxyl groups is 11. The van der Waals surface area contributed by atoms with Crippen LogP contribution in [-0.4, -0.2) is 56.2 Å². The van der Waals surface area contributed by atoms with Crippen molar-refractivity contribution in [2.75, 3.05) is 0 Å². The minimum atomic E-state index is -1.01. The van der Waals surface area contributed by atoms with E-state index in [1.807, 2.05) is 0 Å². The molecule has 0 aliphatic carbocycles. The van der Waals surface area contributed by atoms with Crippen LogP contribution in [0.2, 0.25) is 0 Å². The standard InChI is InChI=1S/C45H26O17/c46-19-7-4-16(10-23(19)50)30-11-25(52)38-33(61-30)14-27(54)40(44(38)58)36-18(6-9-22(49)43(36)57)32-13-26(53)39-34(62-32)15-28(55)41(45(39)59)35-17(5-8-21(48)42(35)56)31-12-24(51)37-20(47)2-1-3-29(37)60-31/h1-15,46-50,54-59H. The molecule has 9 rings (SSSR count). The van der Waals surface area contributed by atoms with Crippen molar-refractivity contribution in [2.24, 2.45) is 0 Å². The summed E-state index contributed by atoms with van der Waals surface area (Å²) in [4.78, 5) is 40.5. The Bertz CT molecular complexity index is 3620. The van der Waals surface area contributed by atoms with Gasteiger partial charge in [0.05, 0.1) is 11.1 Å². The molecule has 6 aromatic carbocycles. The summed E-state index contributed by atoms with van der Waals surface area (Å²) in [6, 6.07) is 16.5. The minimum absolute atomic E-state index is 0.0683. The first kappa shape index (κ1) is 38.3. The van der Waals surface area contributed by atoms with E-state index in [0.717, 1.165) is 60.7 Å².